The van der Waals surface area contributed by atoms with Crippen molar-refractivity contribution >= 4 is 16.0 Å². The minimum absolute atomic E-state index is 0.330. The van der Waals surface area contributed by atoms with Gasteiger partial charge in [-0.1, -0.05) is 36.4 Å². The summed E-state index contributed by atoms with van der Waals surface area (Å²) < 4.78 is 24.1. The minimum atomic E-state index is -3.34. The van der Waals surface area contributed by atoms with Crippen LogP contribution in [-0.4, -0.2) is 24.8 Å². The Hall–Kier alpha value is -2.34. The van der Waals surface area contributed by atoms with Gasteiger partial charge in [-0.3, -0.25) is 0 Å². The first-order chi connectivity index (χ1) is 8.94. The third-order valence-corrected chi connectivity index (χ3v) is 3.89. The Kier molecular flexibility index (Phi) is 5.08. The van der Waals surface area contributed by atoms with Crippen molar-refractivity contribution < 1.29 is 23.4 Å². The maximum absolute atomic E-state index is 12.0. The molecule has 0 radical (unpaired) electrons. The molecule has 100 valence electrons. The molecule has 0 spiro atoms. The summed E-state index contributed by atoms with van der Waals surface area (Å²) in [5.74, 6) is 0. The Morgan fingerprint density at radius 1 is 0.737 bits per heavy atom. The summed E-state index contributed by atoms with van der Waals surface area (Å²) in [4.78, 5) is 9.22. The Morgan fingerprint density at radius 2 is 1.00 bits per heavy atom. The first kappa shape index (κ1) is 14.7. The number of hydrogen-bond donors (Lipinski definition) is 2. The van der Waals surface area contributed by atoms with E-state index in [2.05, 4.69) is 0 Å². The van der Waals surface area contributed by atoms with Gasteiger partial charge in [-0.05, 0) is 24.3 Å². The standard InChI is InChI=1S/C12H10O2S.CH2O3/c13-15(14,11-7-3-1-4-8-11)12-9-5-2-6-10-12;2-1(3)4/h1-10H;(H2,2,3,4). The van der Waals surface area contributed by atoms with Gasteiger partial charge in [0.25, 0.3) is 0 Å². The fourth-order valence-electron chi connectivity index (χ4n) is 1.34. The summed E-state index contributed by atoms with van der Waals surface area (Å²) in [6.45, 7) is 0. The summed E-state index contributed by atoms with van der Waals surface area (Å²) in [5, 5.41) is 13.9. The maximum Gasteiger partial charge on any atom is 0.503 e. The zero-order chi connectivity index (χ0) is 14.3. The molecule has 2 aromatic carbocycles. The molecule has 0 heterocycles. The molecular weight excluding hydrogens is 268 g/mol. The van der Waals surface area contributed by atoms with Crippen molar-refractivity contribution in [1.82, 2.24) is 0 Å². The van der Waals surface area contributed by atoms with E-state index in [0.29, 0.717) is 9.79 Å². The summed E-state index contributed by atoms with van der Waals surface area (Å²) in [7, 11) is -3.34. The number of sulfone groups is 1. The Bertz CT molecular complexity index is 571. The predicted molar refractivity (Wildman–Crippen MR) is 69.0 cm³/mol. The van der Waals surface area contributed by atoms with Crippen LogP contribution in [0, 0.1) is 0 Å². The average molecular weight is 280 g/mol. The molecule has 0 saturated heterocycles. The van der Waals surface area contributed by atoms with E-state index in [1.807, 2.05) is 0 Å². The van der Waals surface area contributed by atoms with Crippen LogP contribution in [0.15, 0.2) is 70.5 Å². The molecule has 0 bridgehead atoms. The molecule has 5 nitrogen and oxygen atoms in total. The summed E-state index contributed by atoms with van der Waals surface area (Å²) in [6, 6.07) is 16.9. The van der Waals surface area contributed by atoms with Crippen molar-refractivity contribution in [1.29, 1.82) is 0 Å². The van der Waals surface area contributed by atoms with E-state index in [4.69, 9.17) is 15.0 Å². The smallest absolute Gasteiger partial charge is 0.450 e. The lowest BCUT2D eigenvalue weighted by molar-refractivity contribution is 0.137. The third-order valence-electron chi connectivity index (χ3n) is 2.11. The van der Waals surface area contributed by atoms with Crippen molar-refractivity contribution in [2.45, 2.75) is 9.79 Å². The largest absolute Gasteiger partial charge is 0.503 e. The van der Waals surface area contributed by atoms with E-state index in [1.165, 1.54) is 0 Å². The topological polar surface area (TPSA) is 91.7 Å². The van der Waals surface area contributed by atoms with Crippen molar-refractivity contribution in [2.24, 2.45) is 0 Å². The molecular formula is C13H12O5S. The van der Waals surface area contributed by atoms with Crippen LogP contribution in [0.25, 0.3) is 0 Å². The van der Waals surface area contributed by atoms with Crippen molar-refractivity contribution in [3.05, 3.63) is 60.7 Å². The quantitative estimate of drug-likeness (QED) is 0.882. The van der Waals surface area contributed by atoms with Gasteiger partial charge in [0.15, 0.2) is 0 Å². The summed E-state index contributed by atoms with van der Waals surface area (Å²) >= 11 is 0. The molecule has 2 rings (SSSR count). The van der Waals surface area contributed by atoms with Gasteiger partial charge >= 0.3 is 6.16 Å². The molecule has 0 saturated carbocycles. The lowest BCUT2D eigenvalue weighted by Gasteiger charge is -2.03. The van der Waals surface area contributed by atoms with E-state index < -0.39 is 16.0 Å². The van der Waals surface area contributed by atoms with Gasteiger partial charge in [0.05, 0.1) is 9.79 Å². The zero-order valence-corrected chi connectivity index (χ0v) is 10.6. The highest BCUT2D eigenvalue weighted by Crippen LogP contribution is 2.19. The van der Waals surface area contributed by atoms with Crippen molar-refractivity contribution in [3.8, 4) is 0 Å². The van der Waals surface area contributed by atoms with Gasteiger partial charge in [-0.15, -0.1) is 0 Å². The molecule has 0 atom stereocenters. The van der Waals surface area contributed by atoms with E-state index in [1.54, 1.807) is 60.7 Å². The predicted octanol–water partition coefficient (Wildman–Crippen LogP) is 2.74. The second kappa shape index (κ2) is 6.55. The molecule has 0 unspecified atom stereocenters. The van der Waals surface area contributed by atoms with Gasteiger partial charge < -0.3 is 10.2 Å². The number of carboxylic acid groups (broad SMARTS) is 2. The highest BCUT2D eigenvalue weighted by molar-refractivity contribution is 7.91. The molecule has 0 fully saturated rings. The molecule has 0 aromatic heterocycles. The molecule has 2 N–H and O–H groups in total. The Labute approximate surface area is 110 Å². The maximum atomic E-state index is 12.0. The van der Waals surface area contributed by atoms with E-state index in [-0.39, 0.29) is 0 Å². The van der Waals surface area contributed by atoms with Gasteiger partial charge in [0, 0.05) is 0 Å². The van der Waals surface area contributed by atoms with Crippen LogP contribution < -0.4 is 0 Å². The molecule has 19 heavy (non-hydrogen) atoms. The van der Waals surface area contributed by atoms with Crippen LogP contribution >= 0.6 is 0 Å². The van der Waals surface area contributed by atoms with Gasteiger partial charge in [-0.25, -0.2) is 13.2 Å². The summed E-state index contributed by atoms with van der Waals surface area (Å²) in [5.41, 5.74) is 0. The highest BCUT2D eigenvalue weighted by atomic mass is 32.2. The monoisotopic (exact) mass is 280 g/mol. The molecule has 0 aliphatic carbocycles. The Morgan fingerprint density at radius 3 is 1.26 bits per heavy atom. The lowest BCUT2D eigenvalue weighted by atomic mass is 10.4. The van der Waals surface area contributed by atoms with E-state index in [0.717, 1.165) is 0 Å². The normalized spacial score (nSPS) is 10.1. The zero-order valence-electron chi connectivity index (χ0n) is 9.80. The van der Waals surface area contributed by atoms with Crippen LogP contribution in [0.3, 0.4) is 0 Å². The lowest BCUT2D eigenvalue weighted by Crippen LogP contribution is -2.00. The highest BCUT2D eigenvalue weighted by Gasteiger charge is 2.15. The molecule has 0 aliphatic heterocycles. The molecule has 2 aromatic rings. The van der Waals surface area contributed by atoms with Crippen LogP contribution in [0.2, 0.25) is 0 Å². The minimum Gasteiger partial charge on any atom is -0.450 e. The second-order valence-corrected chi connectivity index (χ2v) is 5.36. The van der Waals surface area contributed by atoms with Crippen molar-refractivity contribution in [3.63, 3.8) is 0 Å². The van der Waals surface area contributed by atoms with E-state index in [9.17, 15) is 8.42 Å². The summed E-state index contributed by atoms with van der Waals surface area (Å²) in [6.07, 6.45) is -1.83. The van der Waals surface area contributed by atoms with Gasteiger partial charge in [0.2, 0.25) is 9.84 Å². The van der Waals surface area contributed by atoms with Gasteiger partial charge in [-0.2, -0.15) is 0 Å². The number of benzene rings is 2. The molecule has 0 aliphatic rings. The number of hydrogen-bond acceptors (Lipinski definition) is 3. The SMILES string of the molecule is O=C(O)O.O=S(=O)(c1ccccc1)c1ccccc1. The first-order valence-corrected chi connectivity index (χ1v) is 6.70. The van der Waals surface area contributed by atoms with Crippen LogP contribution in [0.4, 0.5) is 4.79 Å². The second-order valence-electron chi connectivity index (χ2n) is 3.41. The van der Waals surface area contributed by atoms with Crippen LogP contribution in [-0.2, 0) is 9.84 Å². The van der Waals surface area contributed by atoms with Crippen LogP contribution in [0.1, 0.15) is 0 Å². The fourth-order valence-corrected chi connectivity index (χ4v) is 2.64. The average Bonchev–Trinajstić information content (AvgIpc) is 2.40. The van der Waals surface area contributed by atoms with E-state index >= 15 is 0 Å². The third kappa shape index (κ3) is 4.44. The fraction of sp³-hybridized carbons (Fsp3) is 0. The van der Waals surface area contributed by atoms with Crippen LogP contribution in [0.5, 0.6) is 0 Å². The Balaban J connectivity index is 0.000000399. The number of carbonyl (C=O) groups is 1. The number of rotatable bonds is 2. The molecule has 6 heteroatoms. The first-order valence-electron chi connectivity index (χ1n) is 5.21. The van der Waals surface area contributed by atoms with Gasteiger partial charge in [0.1, 0.15) is 0 Å². The molecule has 0 amide bonds. The van der Waals surface area contributed by atoms with Crippen molar-refractivity contribution in [2.75, 3.05) is 0 Å².